The Morgan fingerprint density at radius 3 is 2.50 bits per heavy atom. The molecule has 5 nitrogen and oxygen atoms in total. The molecule has 1 aromatic carbocycles. The summed E-state index contributed by atoms with van der Waals surface area (Å²) >= 11 is 0. The average Bonchev–Trinajstić information content (AvgIpc) is 2.40. The number of halogens is 1. The fraction of sp³-hybridized carbons (Fsp3) is 0.538. The summed E-state index contributed by atoms with van der Waals surface area (Å²) in [7, 11) is -1.78. The van der Waals surface area contributed by atoms with Crippen LogP contribution in [-0.4, -0.2) is 47.6 Å². The molecule has 0 saturated heterocycles. The van der Waals surface area contributed by atoms with E-state index in [1.165, 1.54) is 12.1 Å². The molecule has 7 heteroatoms. The van der Waals surface area contributed by atoms with Gasteiger partial charge in [0.25, 0.3) is 0 Å². The van der Waals surface area contributed by atoms with Crippen LogP contribution in [-0.2, 0) is 25.9 Å². The maximum atomic E-state index is 12.7. The van der Waals surface area contributed by atoms with Crippen molar-refractivity contribution in [1.82, 2.24) is 4.72 Å². The first-order valence-corrected chi connectivity index (χ1v) is 7.97. The lowest BCUT2D eigenvalue weighted by Crippen LogP contribution is -2.30. The number of benzene rings is 1. The van der Waals surface area contributed by atoms with E-state index in [-0.39, 0.29) is 24.7 Å². The summed E-state index contributed by atoms with van der Waals surface area (Å²) in [5.74, 6) is -0.386. The topological polar surface area (TPSA) is 64.6 Å². The van der Waals surface area contributed by atoms with Crippen LogP contribution in [0.15, 0.2) is 24.3 Å². The zero-order valence-electron chi connectivity index (χ0n) is 11.5. The van der Waals surface area contributed by atoms with Gasteiger partial charge in [0.05, 0.1) is 25.6 Å². The third-order valence-corrected chi connectivity index (χ3v) is 3.93. The van der Waals surface area contributed by atoms with Crippen LogP contribution in [0.1, 0.15) is 5.56 Å². The molecule has 1 aromatic rings. The zero-order valence-corrected chi connectivity index (χ0v) is 12.3. The van der Waals surface area contributed by atoms with Crippen molar-refractivity contribution in [2.45, 2.75) is 6.42 Å². The first-order chi connectivity index (χ1) is 9.53. The molecule has 0 amide bonds. The summed E-state index contributed by atoms with van der Waals surface area (Å²) < 4.78 is 48.3. The summed E-state index contributed by atoms with van der Waals surface area (Å²) in [5.41, 5.74) is 0.880. The Hall–Kier alpha value is -1.02. The van der Waals surface area contributed by atoms with E-state index in [1.807, 2.05) is 0 Å². The van der Waals surface area contributed by atoms with Gasteiger partial charge in [0, 0.05) is 13.7 Å². The first kappa shape index (κ1) is 17.0. The highest BCUT2D eigenvalue weighted by Crippen LogP contribution is 2.03. The van der Waals surface area contributed by atoms with Gasteiger partial charge in [-0.05, 0) is 24.1 Å². The van der Waals surface area contributed by atoms with Gasteiger partial charge in [-0.25, -0.2) is 17.5 Å². The van der Waals surface area contributed by atoms with Crippen LogP contribution in [0.2, 0.25) is 0 Å². The van der Waals surface area contributed by atoms with Gasteiger partial charge in [-0.15, -0.1) is 0 Å². The molecule has 1 rings (SSSR count). The summed E-state index contributed by atoms with van der Waals surface area (Å²) in [6.45, 7) is 1.24. The molecule has 0 saturated carbocycles. The van der Waals surface area contributed by atoms with Crippen molar-refractivity contribution in [3.05, 3.63) is 35.6 Å². The van der Waals surface area contributed by atoms with Crippen LogP contribution < -0.4 is 4.72 Å². The number of methoxy groups -OCH3 is 1. The van der Waals surface area contributed by atoms with E-state index < -0.39 is 10.0 Å². The van der Waals surface area contributed by atoms with E-state index in [9.17, 15) is 12.8 Å². The second-order valence-electron chi connectivity index (χ2n) is 4.19. The third kappa shape index (κ3) is 7.54. The Bertz CT molecular complexity index is 476. The predicted molar refractivity (Wildman–Crippen MR) is 74.6 cm³/mol. The van der Waals surface area contributed by atoms with Crippen molar-refractivity contribution < 1.29 is 22.3 Å². The smallest absolute Gasteiger partial charge is 0.213 e. The van der Waals surface area contributed by atoms with E-state index in [0.29, 0.717) is 19.6 Å². The minimum Gasteiger partial charge on any atom is -0.382 e. The normalized spacial score (nSPS) is 11.7. The lowest BCUT2D eigenvalue weighted by atomic mass is 10.1. The van der Waals surface area contributed by atoms with E-state index >= 15 is 0 Å². The van der Waals surface area contributed by atoms with Crippen molar-refractivity contribution in [2.75, 3.05) is 39.2 Å². The Kier molecular flexibility index (Phi) is 7.68. The lowest BCUT2D eigenvalue weighted by Gasteiger charge is -2.07. The van der Waals surface area contributed by atoms with Crippen molar-refractivity contribution >= 4 is 10.0 Å². The highest BCUT2D eigenvalue weighted by Gasteiger charge is 2.09. The monoisotopic (exact) mass is 305 g/mol. The average molecular weight is 305 g/mol. The van der Waals surface area contributed by atoms with Crippen LogP contribution in [0.25, 0.3) is 0 Å². The molecule has 0 heterocycles. The van der Waals surface area contributed by atoms with Gasteiger partial charge in [0.2, 0.25) is 10.0 Å². The molecule has 1 N–H and O–H groups in total. The van der Waals surface area contributed by atoms with E-state index in [4.69, 9.17) is 9.47 Å². The molecule has 0 aliphatic rings. The number of rotatable bonds is 10. The summed E-state index contributed by atoms with van der Waals surface area (Å²) in [4.78, 5) is 0. The SMILES string of the molecule is COCCOCCS(=O)(=O)NCCc1ccc(F)cc1. The molecular formula is C13H20FNO4S. The number of hydrogen-bond donors (Lipinski definition) is 1. The van der Waals surface area contributed by atoms with Gasteiger partial charge in [0.15, 0.2) is 0 Å². The van der Waals surface area contributed by atoms with Crippen LogP contribution in [0.4, 0.5) is 4.39 Å². The van der Waals surface area contributed by atoms with E-state index in [0.717, 1.165) is 5.56 Å². The van der Waals surface area contributed by atoms with E-state index in [1.54, 1.807) is 19.2 Å². The second kappa shape index (κ2) is 9.02. The van der Waals surface area contributed by atoms with Gasteiger partial charge in [-0.2, -0.15) is 0 Å². The zero-order chi connectivity index (χ0) is 14.8. The quantitative estimate of drug-likeness (QED) is 0.654. The molecule has 114 valence electrons. The number of sulfonamides is 1. The van der Waals surface area contributed by atoms with Crippen LogP contribution in [0.5, 0.6) is 0 Å². The molecule has 0 aliphatic heterocycles. The largest absolute Gasteiger partial charge is 0.382 e. The van der Waals surface area contributed by atoms with Gasteiger partial charge in [-0.1, -0.05) is 12.1 Å². The highest BCUT2D eigenvalue weighted by atomic mass is 32.2. The Morgan fingerprint density at radius 2 is 1.85 bits per heavy atom. The van der Waals surface area contributed by atoms with Crippen molar-refractivity contribution in [2.24, 2.45) is 0 Å². The Labute approximate surface area is 119 Å². The fourth-order valence-electron chi connectivity index (χ4n) is 1.49. The summed E-state index contributed by atoms with van der Waals surface area (Å²) in [6.07, 6.45) is 0.518. The predicted octanol–water partition coefficient (Wildman–Crippen LogP) is 0.951. The second-order valence-corrected chi connectivity index (χ2v) is 6.12. The van der Waals surface area contributed by atoms with Crippen molar-refractivity contribution in [3.63, 3.8) is 0 Å². The van der Waals surface area contributed by atoms with Gasteiger partial charge in [-0.3, -0.25) is 0 Å². The van der Waals surface area contributed by atoms with Gasteiger partial charge in [0.1, 0.15) is 5.82 Å². The summed E-state index contributed by atoms with van der Waals surface area (Å²) in [6, 6.07) is 5.98. The standard InChI is InChI=1S/C13H20FNO4S/c1-18-8-9-19-10-11-20(16,17)15-7-6-12-2-4-13(14)5-3-12/h2-5,15H,6-11H2,1H3. The van der Waals surface area contributed by atoms with Crippen molar-refractivity contribution in [3.8, 4) is 0 Å². The molecule has 0 fully saturated rings. The highest BCUT2D eigenvalue weighted by molar-refractivity contribution is 7.89. The molecule has 0 aromatic heterocycles. The summed E-state index contributed by atoms with van der Waals surface area (Å²) in [5, 5.41) is 0. The minimum atomic E-state index is -3.34. The lowest BCUT2D eigenvalue weighted by molar-refractivity contribution is 0.0784. The van der Waals surface area contributed by atoms with E-state index in [2.05, 4.69) is 4.72 Å². The molecule has 0 spiro atoms. The maximum absolute atomic E-state index is 12.7. The molecular weight excluding hydrogens is 285 g/mol. The van der Waals surface area contributed by atoms with Crippen molar-refractivity contribution in [1.29, 1.82) is 0 Å². The minimum absolute atomic E-state index is 0.0832. The number of ether oxygens (including phenoxy) is 2. The van der Waals surface area contributed by atoms with Crippen LogP contribution >= 0.6 is 0 Å². The number of nitrogens with one attached hydrogen (secondary N) is 1. The van der Waals surface area contributed by atoms with Gasteiger partial charge < -0.3 is 9.47 Å². The molecule has 20 heavy (non-hydrogen) atoms. The third-order valence-electron chi connectivity index (χ3n) is 2.58. The Balaban J connectivity index is 2.20. The molecule has 0 radical (unpaired) electrons. The van der Waals surface area contributed by atoms with Crippen LogP contribution in [0, 0.1) is 5.82 Å². The molecule has 0 bridgehead atoms. The van der Waals surface area contributed by atoms with Crippen LogP contribution in [0.3, 0.4) is 0 Å². The maximum Gasteiger partial charge on any atom is 0.213 e. The van der Waals surface area contributed by atoms with Gasteiger partial charge >= 0.3 is 0 Å². The first-order valence-electron chi connectivity index (χ1n) is 6.32. The Morgan fingerprint density at radius 1 is 1.15 bits per heavy atom. The molecule has 0 atom stereocenters. The molecule has 0 aliphatic carbocycles. The number of hydrogen-bond acceptors (Lipinski definition) is 4. The fourth-order valence-corrected chi connectivity index (χ4v) is 2.38. The molecule has 0 unspecified atom stereocenters.